The van der Waals surface area contributed by atoms with E-state index in [0.29, 0.717) is 36.1 Å². The number of aromatic nitrogens is 1. The molecule has 160 valence electrons. The highest BCUT2D eigenvalue weighted by atomic mass is 32.2. The molecule has 0 aliphatic rings. The molecule has 11 heteroatoms. The molecule has 9 nitrogen and oxygen atoms in total. The summed E-state index contributed by atoms with van der Waals surface area (Å²) >= 11 is -0.233. The fourth-order valence-corrected chi connectivity index (χ4v) is 3.62. The molecule has 0 bridgehead atoms. The molecule has 0 aliphatic carbocycles. The van der Waals surface area contributed by atoms with Gasteiger partial charge >= 0.3 is 6.03 Å². The van der Waals surface area contributed by atoms with Crippen LogP contribution in [0, 0.1) is 6.92 Å². The maximum absolute atomic E-state index is 12.0. The molecular weight excluding hydrogens is 428 g/mol. The minimum Gasteiger partial charge on any atom is -0.508 e. The second-order valence-electron chi connectivity index (χ2n) is 6.33. The Morgan fingerprint density at radius 1 is 1.23 bits per heavy atom. The van der Waals surface area contributed by atoms with Crippen molar-refractivity contribution >= 4 is 44.5 Å². The Hall–Kier alpha value is -3.05. The van der Waals surface area contributed by atoms with Crippen LogP contribution in [-0.4, -0.2) is 39.1 Å². The Balaban J connectivity index is 1.41. The summed E-state index contributed by atoms with van der Waals surface area (Å²) in [5.74, 6) is 1.36. The number of rotatable bonds is 9. The second kappa shape index (κ2) is 10.1. The van der Waals surface area contributed by atoms with Gasteiger partial charge in [-0.2, -0.15) is 4.37 Å². The van der Waals surface area contributed by atoms with Crippen LogP contribution in [-0.2, 0) is 11.1 Å². The fraction of sp³-hybridized carbons (Fsp3) is 0.263. The summed E-state index contributed by atoms with van der Waals surface area (Å²) in [6.07, 6.45) is 2.06. The van der Waals surface area contributed by atoms with E-state index in [0.717, 1.165) is 16.5 Å². The number of aryl methyl sites for hydroxylation is 1. The maximum atomic E-state index is 12.0. The summed E-state index contributed by atoms with van der Waals surface area (Å²) < 4.78 is 26.3. The number of anilines is 1. The van der Waals surface area contributed by atoms with Crippen LogP contribution < -0.4 is 25.1 Å². The lowest BCUT2D eigenvalue weighted by Crippen LogP contribution is -2.39. The van der Waals surface area contributed by atoms with Crippen LogP contribution in [0.25, 0.3) is 10.9 Å². The van der Waals surface area contributed by atoms with Crippen LogP contribution in [0.1, 0.15) is 12.0 Å². The third-order valence-electron chi connectivity index (χ3n) is 3.99. The molecular formula is C19H22N4O5S2. The van der Waals surface area contributed by atoms with Crippen molar-refractivity contribution in [2.75, 3.05) is 24.8 Å². The van der Waals surface area contributed by atoms with E-state index in [4.69, 9.17) is 8.92 Å². The molecule has 3 rings (SSSR count). The number of amides is 2. The zero-order valence-electron chi connectivity index (χ0n) is 16.4. The average Bonchev–Trinajstić information content (AvgIpc) is 3.10. The van der Waals surface area contributed by atoms with Crippen molar-refractivity contribution in [3.8, 4) is 17.2 Å². The molecule has 0 radical (unpaired) electrons. The molecule has 0 aliphatic heterocycles. The number of urea groups is 1. The molecule has 1 heterocycles. The van der Waals surface area contributed by atoms with Crippen molar-refractivity contribution in [1.29, 1.82) is 0 Å². The summed E-state index contributed by atoms with van der Waals surface area (Å²) in [5.41, 5.74) is 6.88. The zero-order chi connectivity index (χ0) is 21.5. The molecule has 2 amide bonds. The predicted molar refractivity (Wildman–Crippen MR) is 117 cm³/mol. The number of fused-ring (bicyclic) bond motifs is 1. The van der Waals surface area contributed by atoms with E-state index < -0.39 is 11.1 Å². The lowest BCUT2D eigenvalue weighted by atomic mass is 10.2. The van der Waals surface area contributed by atoms with E-state index in [9.17, 15) is 14.1 Å². The minimum atomic E-state index is -1.42. The molecule has 2 aromatic carbocycles. The van der Waals surface area contributed by atoms with E-state index in [1.54, 1.807) is 43.3 Å². The third-order valence-corrected chi connectivity index (χ3v) is 5.21. The van der Waals surface area contributed by atoms with E-state index >= 15 is 0 Å². The molecule has 1 atom stereocenters. The number of carbonyl (C=O) groups excluding carboxylic acids is 1. The Bertz CT molecular complexity index is 1060. The van der Waals surface area contributed by atoms with Crippen molar-refractivity contribution < 1.29 is 23.0 Å². The van der Waals surface area contributed by atoms with Gasteiger partial charge in [-0.05, 0) is 66.8 Å². The number of phenols is 1. The first-order valence-electron chi connectivity index (χ1n) is 9.06. The monoisotopic (exact) mass is 450 g/mol. The quantitative estimate of drug-likeness (QED) is 0.292. The first kappa shape index (κ1) is 21.7. The van der Waals surface area contributed by atoms with Crippen molar-refractivity contribution in [2.24, 2.45) is 0 Å². The van der Waals surface area contributed by atoms with Crippen molar-refractivity contribution in [3.05, 3.63) is 42.0 Å². The molecule has 4 N–H and O–H groups in total. The number of carbonyl (C=O) groups is 1. The molecule has 3 aromatic rings. The number of hydrogen-bond donors (Lipinski definition) is 4. The Labute approximate surface area is 180 Å². The van der Waals surface area contributed by atoms with Gasteiger partial charge in [0.15, 0.2) is 0 Å². The van der Waals surface area contributed by atoms with Gasteiger partial charge in [-0.3, -0.25) is 10.9 Å². The molecule has 0 saturated heterocycles. The van der Waals surface area contributed by atoms with Crippen LogP contribution in [0.5, 0.6) is 17.2 Å². The molecule has 0 fully saturated rings. The third kappa shape index (κ3) is 5.97. The minimum absolute atomic E-state index is 0.228. The van der Waals surface area contributed by atoms with Crippen molar-refractivity contribution in [2.45, 2.75) is 13.3 Å². The summed E-state index contributed by atoms with van der Waals surface area (Å²) in [7, 11) is 0. The van der Waals surface area contributed by atoms with Gasteiger partial charge in [0.1, 0.15) is 22.2 Å². The van der Waals surface area contributed by atoms with Crippen LogP contribution in [0.2, 0.25) is 0 Å². The number of phenolic OH excluding ortho intramolecular Hbond substituents is 1. The number of hydrazine groups is 1. The highest BCUT2D eigenvalue weighted by Crippen LogP contribution is 2.30. The normalized spacial score (nSPS) is 11.7. The smallest absolute Gasteiger partial charge is 0.333 e. The predicted octanol–water partition coefficient (Wildman–Crippen LogP) is 3.08. The molecule has 0 saturated carbocycles. The van der Waals surface area contributed by atoms with Crippen molar-refractivity contribution in [1.82, 2.24) is 15.1 Å². The van der Waals surface area contributed by atoms with Gasteiger partial charge in [0.05, 0.1) is 12.1 Å². The summed E-state index contributed by atoms with van der Waals surface area (Å²) in [6.45, 7) is 2.65. The maximum Gasteiger partial charge on any atom is 0.333 e. The van der Waals surface area contributed by atoms with Gasteiger partial charge < -0.3 is 19.3 Å². The summed E-state index contributed by atoms with van der Waals surface area (Å²) in [6, 6.07) is 9.81. The highest BCUT2D eigenvalue weighted by molar-refractivity contribution is 7.79. The van der Waals surface area contributed by atoms with E-state index in [-0.39, 0.29) is 11.8 Å². The number of nitrogens with zero attached hydrogens (tertiary/aromatic N) is 1. The van der Waals surface area contributed by atoms with Gasteiger partial charge in [0, 0.05) is 18.2 Å². The zero-order valence-corrected chi connectivity index (χ0v) is 18.1. The van der Waals surface area contributed by atoms with Crippen LogP contribution in [0.4, 0.5) is 9.80 Å². The number of benzene rings is 2. The van der Waals surface area contributed by atoms with Gasteiger partial charge in [-0.1, -0.05) is 0 Å². The lowest BCUT2D eigenvalue weighted by Gasteiger charge is -2.10. The van der Waals surface area contributed by atoms with Crippen LogP contribution in [0.15, 0.2) is 36.4 Å². The number of aromatic hydroxyl groups is 1. The SMILES string of the molecule is Cc1cc(OCCCNC(=O)NNc2snc3ccc(OS(C)=O)cc23)ccc1O. The second-order valence-corrected chi connectivity index (χ2v) is 8.07. The van der Waals surface area contributed by atoms with Crippen LogP contribution in [0.3, 0.4) is 0 Å². The largest absolute Gasteiger partial charge is 0.508 e. The first-order chi connectivity index (χ1) is 14.4. The molecule has 0 spiro atoms. The molecule has 1 unspecified atom stereocenters. The number of hydrogen-bond acceptors (Lipinski definition) is 8. The highest BCUT2D eigenvalue weighted by Gasteiger charge is 2.09. The Morgan fingerprint density at radius 3 is 2.80 bits per heavy atom. The molecule has 1 aromatic heterocycles. The standard InChI is InChI=1S/C19H22N4O5S2/c1-12-10-13(5-7-17(12)24)27-9-3-8-20-19(25)22-21-18-15-11-14(28-30(2)26)4-6-16(15)23-29-18/h4-7,10-11,21,24H,3,8-9H2,1-2H3,(H2,20,22,25). The summed E-state index contributed by atoms with van der Waals surface area (Å²) in [5, 5.41) is 13.6. The number of nitrogens with one attached hydrogen (secondary N) is 3. The van der Waals surface area contributed by atoms with Gasteiger partial charge in [0.25, 0.3) is 0 Å². The van der Waals surface area contributed by atoms with Crippen LogP contribution >= 0.6 is 11.5 Å². The van der Waals surface area contributed by atoms with Gasteiger partial charge in [-0.15, -0.1) is 0 Å². The lowest BCUT2D eigenvalue weighted by molar-refractivity contribution is 0.241. The van der Waals surface area contributed by atoms with Gasteiger partial charge in [-0.25, -0.2) is 9.00 Å². The fourth-order valence-electron chi connectivity index (χ4n) is 2.54. The topological polar surface area (TPSA) is 122 Å². The first-order valence-corrected chi connectivity index (χ1v) is 11.3. The number of ether oxygens (including phenoxy) is 1. The van der Waals surface area contributed by atoms with E-state index in [1.807, 2.05) is 0 Å². The van der Waals surface area contributed by atoms with E-state index in [1.165, 1.54) is 17.8 Å². The Morgan fingerprint density at radius 2 is 2.03 bits per heavy atom. The van der Waals surface area contributed by atoms with Crippen molar-refractivity contribution in [3.63, 3.8) is 0 Å². The summed E-state index contributed by atoms with van der Waals surface area (Å²) in [4.78, 5) is 12.0. The Kier molecular flexibility index (Phi) is 7.31. The van der Waals surface area contributed by atoms with Gasteiger partial charge in [0.2, 0.25) is 11.1 Å². The molecule has 30 heavy (non-hydrogen) atoms. The van der Waals surface area contributed by atoms with E-state index in [2.05, 4.69) is 20.5 Å². The average molecular weight is 451 g/mol.